The minimum absolute atomic E-state index is 0.131. The molecule has 0 spiro atoms. The molecular weight excluding hydrogens is 797 g/mol. The Bertz CT molecular complexity index is 2950. The van der Waals surface area contributed by atoms with Gasteiger partial charge in [-0.25, -0.2) is 0 Å². The number of fused-ring (bicyclic) bond motifs is 6. The number of hydrogen-bond donors (Lipinski definition) is 0. The third-order valence-corrected chi connectivity index (χ3v) is 13.8. The summed E-state index contributed by atoms with van der Waals surface area (Å²) in [5.74, 6) is 0. The zero-order valence-corrected chi connectivity index (χ0v) is 38.0. The van der Waals surface area contributed by atoms with Crippen molar-refractivity contribution < 1.29 is 0 Å². The van der Waals surface area contributed by atoms with Crippen LogP contribution in [0.2, 0.25) is 0 Å². The Balaban J connectivity index is 0.826. The van der Waals surface area contributed by atoms with Crippen LogP contribution in [0.15, 0.2) is 218 Å². The van der Waals surface area contributed by atoms with Gasteiger partial charge < -0.3 is 9.80 Å². The Morgan fingerprint density at radius 2 is 0.515 bits per heavy atom. The summed E-state index contributed by atoms with van der Waals surface area (Å²) < 4.78 is 0. The van der Waals surface area contributed by atoms with Crippen molar-refractivity contribution in [1.29, 1.82) is 0 Å². The molecule has 2 heteroatoms. The number of anilines is 6. The highest BCUT2D eigenvalue weighted by Crippen LogP contribution is 2.56. The maximum absolute atomic E-state index is 2.51. The van der Waals surface area contributed by atoms with Crippen molar-refractivity contribution >= 4 is 58.4 Å². The van der Waals surface area contributed by atoms with Crippen molar-refractivity contribution in [2.24, 2.45) is 0 Å². The smallest absolute Gasteiger partial charge is 0.0462 e. The largest absolute Gasteiger partial charge is 0.311 e. The highest BCUT2D eigenvalue weighted by molar-refractivity contribution is 5.91. The molecule has 11 rings (SSSR count). The van der Waals surface area contributed by atoms with E-state index in [1.54, 1.807) is 0 Å². The van der Waals surface area contributed by atoms with E-state index in [4.69, 9.17) is 0 Å². The summed E-state index contributed by atoms with van der Waals surface area (Å²) in [7, 11) is 0. The predicted molar refractivity (Wildman–Crippen MR) is 282 cm³/mol. The molecular formula is C64H52N2. The van der Waals surface area contributed by atoms with Gasteiger partial charge in [0.2, 0.25) is 0 Å². The van der Waals surface area contributed by atoms with Crippen molar-refractivity contribution in [3.63, 3.8) is 0 Å². The molecule has 0 atom stereocenters. The molecule has 0 aliphatic heterocycles. The van der Waals surface area contributed by atoms with Gasteiger partial charge in [0, 0.05) is 45.0 Å². The molecule has 0 saturated carbocycles. The summed E-state index contributed by atoms with van der Waals surface area (Å²) in [6.07, 6.45) is 8.98. The molecule has 2 aliphatic carbocycles. The second kappa shape index (κ2) is 16.6. The van der Waals surface area contributed by atoms with Gasteiger partial charge in [0.05, 0.1) is 0 Å². The summed E-state index contributed by atoms with van der Waals surface area (Å²) >= 11 is 0. The Hall–Kier alpha value is -7.94. The Kier molecular flexibility index (Phi) is 10.2. The monoisotopic (exact) mass is 848 g/mol. The quantitative estimate of drug-likeness (QED) is 0.127. The number of para-hydroxylation sites is 4. The van der Waals surface area contributed by atoms with Crippen LogP contribution >= 0.6 is 0 Å². The first-order valence-electron chi connectivity index (χ1n) is 23.1. The van der Waals surface area contributed by atoms with E-state index >= 15 is 0 Å². The summed E-state index contributed by atoms with van der Waals surface area (Å²) in [6.45, 7) is 9.57. The molecule has 2 aliphatic rings. The van der Waals surface area contributed by atoms with E-state index in [1.165, 1.54) is 66.8 Å². The lowest BCUT2D eigenvalue weighted by Gasteiger charge is -2.25. The van der Waals surface area contributed by atoms with Crippen LogP contribution in [0.3, 0.4) is 0 Å². The third-order valence-electron chi connectivity index (χ3n) is 13.8. The molecule has 9 aromatic rings. The van der Waals surface area contributed by atoms with Crippen LogP contribution in [0.1, 0.15) is 72.2 Å². The summed E-state index contributed by atoms with van der Waals surface area (Å²) in [5.41, 5.74) is 22.3. The van der Waals surface area contributed by atoms with Crippen LogP contribution < -0.4 is 9.80 Å². The first-order valence-corrected chi connectivity index (χ1v) is 23.1. The molecule has 0 N–H and O–H groups in total. The standard InChI is InChI=1S/C64H52N2/c1-63(2)59-41-47(27-25-45-29-35-53(36-30-45)65(49-17-9-5-10-18-49)50-19-11-6-12-20-50)33-39-55(59)57-44-62-58(43-61(57)63)56-40-34-48(42-60(56)64(62,3)4)28-26-46-31-37-54(38-32-46)66(51-21-13-7-14-22-51)52-23-15-8-16-24-52/h5-44H,1-4H3. The van der Waals surface area contributed by atoms with Crippen LogP contribution in [0.5, 0.6) is 0 Å². The molecule has 2 nitrogen and oxygen atoms in total. The molecule has 0 saturated heterocycles. The van der Waals surface area contributed by atoms with E-state index in [1.807, 2.05) is 0 Å². The summed E-state index contributed by atoms with van der Waals surface area (Å²) in [4.78, 5) is 4.60. The first-order chi connectivity index (χ1) is 32.2. The molecule has 0 fully saturated rings. The van der Waals surface area contributed by atoms with Crippen molar-refractivity contribution in [2.75, 3.05) is 9.80 Å². The molecule has 66 heavy (non-hydrogen) atoms. The van der Waals surface area contributed by atoms with E-state index < -0.39 is 0 Å². The molecule has 318 valence electrons. The van der Waals surface area contributed by atoms with Gasteiger partial charge in [-0.15, -0.1) is 0 Å². The van der Waals surface area contributed by atoms with Crippen molar-refractivity contribution in [1.82, 2.24) is 0 Å². The molecule has 9 aromatic carbocycles. The minimum atomic E-state index is -0.131. The molecule has 0 amide bonds. The number of rotatable bonds is 10. The normalized spacial score (nSPS) is 13.9. The molecule has 0 aromatic heterocycles. The summed E-state index contributed by atoms with van der Waals surface area (Å²) in [5, 5.41) is 0. The van der Waals surface area contributed by atoms with Crippen molar-refractivity contribution in [2.45, 2.75) is 38.5 Å². The molecule has 0 radical (unpaired) electrons. The van der Waals surface area contributed by atoms with Crippen LogP contribution in [0, 0.1) is 0 Å². The lowest BCUT2D eigenvalue weighted by Crippen LogP contribution is -2.17. The molecule has 0 heterocycles. The molecule has 0 unspecified atom stereocenters. The highest BCUT2D eigenvalue weighted by Gasteiger charge is 2.41. The van der Waals surface area contributed by atoms with Crippen LogP contribution in [-0.4, -0.2) is 0 Å². The topological polar surface area (TPSA) is 6.48 Å². The number of benzene rings is 9. The average molecular weight is 849 g/mol. The van der Waals surface area contributed by atoms with Gasteiger partial charge in [-0.05, 0) is 152 Å². The van der Waals surface area contributed by atoms with Gasteiger partial charge >= 0.3 is 0 Å². The minimum Gasteiger partial charge on any atom is -0.311 e. The van der Waals surface area contributed by atoms with Gasteiger partial charge in [-0.3, -0.25) is 0 Å². The lowest BCUT2D eigenvalue weighted by atomic mass is 9.79. The average Bonchev–Trinajstić information content (AvgIpc) is 3.72. The zero-order chi connectivity index (χ0) is 44.8. The Morgan fingerprint density at radius 1 is 0.258 bits per heavy atom. The number of hydrogen-bond acceptors (Lipinski definition) is 2. The fourth-order valence-corrected chi connectivity index (χ4v) is 10.3. The lowest BCUT2D eigenvalue weighted by molar-refractivity contribution is 0.652. The first kappa shape index (κ1) is 40.8. The maximum atomic E-state index is 2.51. The Morgan fingerprint density at radius 3 is 0.833 bits per heavy atom. The van der Waals surface area contributed by atoms with Gasteiger partial charge in [0.1, 0.15) is 0 Å². The number of nitrogens with zero attached hydrogens (tertiary/aromatic N) is 2. The van der Waals surface area contributed by atoms with Crippen molar-refractivity contribution in [3.05, 3.63) is 263 Å². The van der Waals surface area contributed by atoms with Gasteiger partial charge in [0.15, 0.2) is 0 Å². The second-order valence-electron chi connectivity index (χ2n) is 18.7. The SMILES string of the molecule is CC1(C)c2cc(C=Cc3ccc(N(c4ccccc4)c4ccccc4)cc3)ccc2-c2cc3c(cc21)-c1ccc(C=Cc2ccc(N(c4ccccc4)c4ccccc4)cc2)cc1C3(C)C. The van der Waals surface area contributed by atoms with E-state index in [2.05, 4.69) is 280 Å². The van der Waals surface area contributed by atoms with Crippen LogP contribution in [0.25, 0.3) is 46.6 Å². The zero-order valence-electron chi connectivity index (χ0n) is 38.0. The van der Waals surface area contributed by atoms with E-state index in [0.717, 1.165) is 34.1 Å². The van der Waals surface area contributed by atoms with E-state index in [0.29, 0.717) is 0 Å². The Labute approximate surface area is 390 Å². The fourth-order valence-electron chi connectivity index (χ4n) is 10.3. The van der Waals surface area contributed by atoms with Crippen LogP contribution in [0.4, 0.5) is 34.1 Å². The van der Waals surface area contributed by atoms with Gasteiger partial charge in [-0.1, -0.05) is 185 Å². The fraction of sp³-hybridized carbons (Fsp3) is 0.0938. The summed E-state index contributed by atoms with van der Waals surface area (Å²) in [6, 6.07) is 79.0. The maximum Gasteiger partial charge on any atom is 0.0462 e. The van der Waals surface area contributed by atoms with Gasteiger partial charge in [0.25, 0.3) is 0 Å². The second-order valence-corrected chi connectivity index (χ2v) is 18.7. The van der Waals surface area contributed by atoms with E-state index in [9.17, 15) is 0 Å². The van der Waals surface area contributed by atoms with Crippen LogP contribution in [-0.2, 0) is 10.8 Å². The van der Waals surface area contributed by atoms with Gasteiger partial charge in [-0.2, -0.15) is 0 Å². The molecule has 0 bridgehead atoms. The third kappa shape index (κ3) is 7.35. The van der Waals surface area contributed by atoms with E-state index in [-0.39, 0.29) is 10.8 Å². The van der Waals surface area contributed by atoms with Crippen molar-refractivity contribution in [3.8, 4) is 22.3 Å². The highest BCUT2D eigenvalue weighted by atomic mass is 15.1. The predicted octanol–water partition coefficient (Wildman–Crippen LogP) is 17.6.